The van der Waals surface area contributed by atoms with Crippen molar-refractivity contribution in [2.75, 3.05) is 0 Å². The third-order valence-corrected chi connectivity index (χ3v) is 6.89. The molecule has 0 fully saturated rings. The Hall–Kier alpha value is -2.38. The van der Waals surface area contributed by atoms with Crippen LogP contribution < -0.4 is 0 Å². The van der Waals surface area contributed by atoms with Gasteiger partial charge in [0, 0.05) is 10.4 Å². The lowest BCUT2D eigenvalue weighted by atomic mass is 9.65. The van der Waals surface area contributed by atoms with Crippen molar-refractivity contribution < 1.29 is 0 Å². The summed E-state index contributed by atoms with van der Waals surface area (Å²) < 4.78 is 1.16. The van der Waals surface area contributed by atoms with Crippen molar-refractivity contribution in [2.45, 2.75) is 11.8 Å². The van der Waals surface area contributed by atoms with E-state index in [-0.39, 0.29) is 5.41 Å². The summed E-state index contributed by atoms with van der Waals surface area (Å²) >= 11 is 3.74. The van der Waals surface area contributed by atoms with E-state index in [1.165, 1.54) is 39.0 Å². The molecule has 0 radical (unpaired) electrons. The second-order valence-corrected chi connectivity index (χ2v) is 8.34. The second-order valence-electron chi connectivity index (χ2n) is 7.43. The van der Waals surface area contributed by atoms with Gasteiger partial charge in [-0.3, -0.25) is 0 Å². The average molecular weight is 397 g/mol. The van der Waals surface area contributed by atoms with Crippen molar-refractivity contribution in [2.24, 2.45) is 5.92 Å². The second kappa shape index (κ2) is 5.08. The largest absolute Gasteiger partial charge is 0.0839 e. The van der Waals surface area contributed by atoms with Crippen molar-refractivity contribution >= 4 is 21.5 Å². The molecule has 3 aromatic carbocycles. The number of halogens is 1. The molecule has 1 spiro atoms. The molecular weight excluding hydrogens is 380 g/mol. The van der Waals surface area contributed by atoms with Gasteiger partial charge in [0.05, 0.1) is 5.41 Å². The minimum Gasteiger partial charge on any atom is -0.0839 e. The van der Waals surface area contributed by atoms with Crippen LogP contribution in [0.2, 0.25) is 0 Å². The third-order valence-electron chi connectivity index (χ3n) is 6.39. The fourth-order valence-corrected chi connectivity index (χ4v) is 5.89. The van der Waals surface area contributed by atoms with Crippen LogP contribution in [0.25, 0.3) is 16.7 Å². The Kier molecular flexibility index (Phi) is 2.88. The smallest absolute Gasteiger partial charge is 0.0541 e. The maximum atomic E-state index is 3.74. The van der Waals surface area contributed by atoms with Gasteiger partial charge < -0.3 is 0 Å². The summed E-state index contributed by atoms with van der Waals surface area (Å²) in [6.07, 6.45) is 7.98. The van der Waals surface area contributed by atoms with E-state index in [2.05, 4.69) is 101 Å². The molecule has 0 amide bonds. The Labute approximate surface area is 162 Å². The quantitative estimate of drug-likeness (QED) is 0.394. The van der Waals surface area contributed by atoms with Crippen LogP contribution in [0.4, 0.5) is 0 Å². The van der Waals surface area contributed by atoms with Crippen molar-refractivity contribution in [3.63, 3.8) is 0 Å². The lowest BCUT2D eigenvalue weighted by Crippen LogP contribution is -2.32. The molecule has 0 bridgehead atoms. The maximum absolute atomic E-state index is 3.74. The first-order chi connectivity index (χ1) is 12.8. The van der Waals surface area contributed by atoms with Gasteiger partial charge in [-0.05, 0) is 57.5 Å². The van der Waals surface area contributed by atoms with E-state index in [1.807, 2.05) is 0 Å². The molecule has 1 heteroatoms. The number of hydrogen-bond donors (Lipinski definition) is 0. The SMILES string of the molecule is Brc1ccc2c(c1)C1(c3ccccc3C3=CC=CCC31)c1ccccc1-2. The van der Waals surface area contributed by atoms with Gasteiger partial charge in [0.15, 0.2) is 0 Å². The number of fused-ring (bicyclic) bond motifs is 10. The minimum atomic E-state index is -0.0805. The van der Waals surface area contributed by atoms with Crippen molar-refractivity contribution in [3.05, 3.63) is 112 Å². The van der Waals surface area contributed by atoms with E-state index in [9.17, 15) is 0 Å². The first-order valence-corrected chi connectivity index (χ1v) is 9.97. The molecular formula is C25H17Br. The van der Waals surface area contributed by atoms with Crippen LogP contribution in [0.3, 0.4) is 0 Å². The molecule has 26 heavy (non-hydrogen) atoms. The molecule has 2 atom stereocenters. The van der Waals surface area contributed by atoms with Crippen molar-refractivity contribution in [1.29, 1.82) is 0 Å². The lowest BCUT2D eigenvalue weighted by molar-refractivity contribution is 0.494. The molecule has 3 aliphatic rings. The Morgan fingerprint density at radius 2 is 1.46 bits per heavy atom. The standard InChI is InChI=1S/C25H17Br/c26-16-13-14-20-19-9-3-6-12-23(19)25(24(20)15-16)21-10-4-1-7-17(21)18-8-2-5-11-22(18)25/h1-10,12-15,22H,11H2. The number of allylic oxidation sites excluding steroid dienone is 4. The van der Waals surface area contributed by atoms with Gasteiger partial charge in [0.1, 0.15) is 0 Å². The molecule has 0 N–H and O–H groups in total. The van der Waals surface area contributed by atoms with Gasteiger partial charge in [0.25, 0.3) is 0 Å². The Bertz CT molecular complexity index is 1130. The van der Waals surface area contributed by atoms with Crippen LogP contribution in [-0.2, 0) is 5.41 Å². The summed E-state index contributed by atoms with van der Waals surface area (Å²) in [5, 5.41) is 0. The van der Waals surface area contributed by atoms with E-state index < -0.39 is 0 Å². The van der Waals surface area contributed by atoms with Crippen molar-refractivity contribution in [1.82, 2.24) is 0 Å². The molecule has 2 unspecified atom stereocenters. The Balaban J connectivity index is 1.82. The first kappa shape index (κ1) is 14.8. The van der Waals surface area contributed by atoms with Gasteiger partial charge in [-0.15, -0.1) is 0 Å². The predicted molar refractivity (Wildman–Crippen MR) is 111 cm³/mol. The Morgan fingerprint density at radius 1 is 0.769 bits per heavy atom. The Morgan fingerprint density at radius 3 is 2.31 bits per heavy atom. The molecule has 3 aromatic rings. The van der Waals surface area contributed by atoms with Gasteiger partial charge >= 0.3 is 0 Å². The summed E-state index contributed by atoms with van der Waals surface area (Å²) in [5.41, 5.74) is 9.98. The van der Waals surface area contributed by atoms with E-state index in [4.69, 9.17) is 0 Å². The summed E-state index contributed by atoms with van der Waals surface area (Å²) in [6, 6.07) is 24.9. The van der Waals surface area contributed by atoms with Crippen LogP contribution in [0.5, 0.6) is 0 Å². The van der Waals surface area contributed by atoms with Gasteiger partial charge in [0.2, 0.25) is 0 Å². The highest BCUT2D eigenvalue weighted by Crippen LogP contribution is 2.65. The van der Waals surface area contributed by atoms with Crippen LogP contribution >= 0.6 is 15.9 Å². The monoisotopic (exact) mass is 396 g/mol. The molecule has 0 aromatic heterocycles. The van der Waals surface area contributed by atoms with Crippen LogP contribution in [0, 0.1) is 5.92 Å². The highest BCUT2D eigenvalue weighted by atomic mass is 79.9. The minimum absolute atomic E-state index is 0.0805. The van der Waals surface area contributed by atoms with Crippen molar-refractivity contribution in [3.8, 4) is 11.1 Å². The molecule has 0 saturated carbocycles. The fraction of sp³-hybridized carbons (Fsp3) is 0.120. The normalized spacial score (nSPS) is 24.0. The lowest BCUT2D eigenvalue weighted by Gasteiger charge is -2.36. The molecule has 0 heterocycles. The molecule has 6 rings (SSSR count). The summed E-state index contributed by atoms with van der Waals surface area (Å²) in [5.74, 6) is 0.460. The number of hydrogen-bond acceptors (Lipinski definition) is 0. The highest BCUT2D eigenvalue weighted by molar-refractivity contribution is 9.10. The number of rotatable bonds is 0. The van der Waals surface area contributed by atoms with Gasteiger partial charge in [-0.1, -0.05) is 88.8 Å². The van der Waals surface area contributed by atoms with Crippen LogP contribution in [0.15, 0.2) is 89.4 Å². The van der Waals surface area contributed by atoms with Crippen LogP contribution in [-0.4, -0.2) is 0 Å². The zero-order valence-corrected chi connectivity index (χ0v) is 15.8. The van der Waals surface area contributed by atoms with E-state index in [0.717, 1.165) is 10.9 Å². The molecule has 124 valence electrons. The fourth-order valence-electron chi connectivity index (χ4n) is 5.53. The topological polar surface area (TPSA) is 0 Å². The van der Waals surface area contributed by atoms with E-state index in [0.29, 0.717) is 5.92 Å². The van der Waals surface area contributed by atoms with E-state index >= 15 is 0 Å². The van der Waals surface area contributed by atoms with E-state index in [1.54, 1.807) is 0 Å². The molecule has 0 saturated heterocycles. The predicted octanol–water partition coefficient (Wildman–Crippen LogP) is 6.74. The molecule has 0 nitrogen and oxygen atoms in total. The summed E-state index contributed by atoms with van der Waals surface area (Å²) in [7, 11) is 0. The average Bonchev–Trinajstić information content (AvgIpc) is 3.15. The molecule has 3 aliphatic carbocycles. The van der Waals surface area contributed by atoms with Gasteiger partial charge in [-0.25, -0.2) is 0 Å². The molecule has 0 aliphatic heterocycles. The maximum Gasteiger partial charge on any atom is 0.0541 e. The van der Waals surface area contributed by atoms with Crippen LogP contribution in [0.1, 0.15) is 28.7 Å². The van der Waals surface area contributed by atoms with Gasteiger partial charge in [-0.2, -0.15) is 0 Å². The summed E-state index contributed by atoms with van der Waals surface area (Å²) in [4.78, 5) is 0. The summed E-state index contributed by atoms with van der Waals surface area (Å²) in [6.45, 7) is 0. The zero-order valence-electron chi connectivity index (χ0n) is 14.2. The highest BCUT2D eigenvalue weighted by Gasteiger charge is 2.55. The first-order valence-electron chi connectivity index (χ1n) is 9.18. The number of benzene rings is 3. The third kappa shape index (κ3) is 1.61. The zero-order chi connectivity index (χ0) is 17.3.